The van der Waals surface area contributed by atoms with E-state index in [1.165, 1.54) is 89.9 Å². The lowest BCUT2D eigenvalue weighted by Crippen LogP contribution is -1.98. The quantitative estimate of drug-likeness (QED) is 0.234. The van der Waals surface area contributed by atoms with Crippen LogP contribution in [-0.2, 0) is 4.74 Å². The highest BCUT2D eigenvalue weighted by Gasteiger charge is 1.96. The molecule has 0 heterocycles. The smallest absolute Gasteiger partial charge is 0.0466 e. The van der Waals surface area contributed by atoms with Crippen molar-refractivity contribution in [2.45, 2.75) is 118 Å². The van der Waals surface area contributed by atoms with Gasteiger partial charge in [-0.2, -0.15) is 0 Å². The van der Waals surface area contributed by atoms with Gasteiger partial charge in [-0.1, -0.05) is 105 Å². The van der Waals surface area contributed by atoms with Crippen molar-refractivity contribution in [2.24, 2.45) is 11.8 Å². The molecule has 0 N–H and O–H groups in total. The molecule has 0 aromatic heterocycles. The molecule has 0 aliphatic carbocycles. The Hall–Kier alpha value is -0.0400. The molecule has 0 amide bonds. The zero-order chi connectivity index (χ0) is 17.2. The molecule has 0 rings (SSSR count). The van der Waals surface area contributed by atoms with Crippen LogP contribution in [0.5, 0.6) is 0 Å². The summed E-state index contributed by atoms with van der Waals surface area (Å²) >= 11 is 0. The number of ether oxygens (including phenoxy) is 1. The maximum Gasteiger partial charge on any atom is 0.0466 e. The maximum atomic E-state index is 5.71. The predicted molar refractivity (Wildman–Crippen MR) is 105 cm³/mol. The average Bonchev–Trinajstić information content (AvgIpc) is 2.49. The Bertz CT molecular complexity index is 188. The first-order chi connectivity index (χ1) is 11.1. The van der Waals surface area contributed by atoms with E-state index in [1.807, 2.05) is 0 Å². The SMILES string of the molecule is CC(C)CCCCCCCCCCCCOCCCCC(C)C. The molecule has 0 atom stereocenters. The Morgan fingerprint density at radius 2 is 0.739 bits per heavy atom. The van der Waals surface area contributed by atoms with E-state index in [1.54, 1.807) is 0 Å². The largest absolute Gasteiger partial charge is 0.381 e. The van der Waals surface area contributed by atoms with Gasteiger partial charge >= 0.3 is 0 Å². The van der Waals surface area contributed by atoms with Crippen molar-refractivity contribution in [3.05, 3.63) is 0 Å². The third kappa shape index (κ3) is 22.0. The van der Waals surface area contributed by atoms with Crippen LogP contribution in [0.15, 0.2) is 0 Å². The van der Waals surface area contributed by atoms with Gasteiger partial charge in [-0.3, -0.25) is 0 Å². The first-order valence-electron chi connectivity index (χ1n) is 10.7. The molecule has 0 fully saturated rings. The molecule has 1 heteroatoms. The van der Waals surface area contributed by atoms with Crippen LogP contribution >= 0.6 is 0 Å². The van der Waals surface area contributed by atoms with Crippen LogP contribution in [-0.4, -0.2) is 13.2 Å². The zero-order valence-corrected chi connectivity index (χ0v) is 16.9. The minimum absolute atomic E-state index is 0.843. The summed E-state index contributed by atoms with van der Waals surface area (Å²) in [6, 6.07) is 0. The molecule has 0 unspecified atom stereocenters. The third-order valence-corrected chi connectivity index (χ3v) is 4.64. The molecule has 1 nitrogen and oxygen atoms in total. The highest BCUT2D eigenvalue weighted by Crippen LogP contribution is 2.13. The van der Waals surface area contributed by atoms with Crippen LogP contribution in [0.1, 0.15) is 118 Å². The second kappa shape index (κ2) is 18.3. The summed E-state index contributed by atoms with van der Waals surface area (Å²) in [7, 11) is 0. The third-order valence-electron chi connectivity index (χ3n) is 4.64. The molecule has 0 aromatic rings. The second-order valence-corrected chi connectivity index (χ2v) is 8.22. The number of hydrogen-bond acceptors (Lipinski definition) is 1. The van der Waals surface area contributed by atoms with E-state index in [0.29, 0.717) is 0 Å². The summed E-state index contributed by atoms with van der Waals surface area (Å²) in [4.78, 5) is 0. The second-order valence-electron chi connectivity index (χ2n) is 8.22. The highest BCUT2D eigenvalue weighted by atomic mass is 16.5. The molecule has 23 heavy (non-hydrogen) atoms. The van der Waals surface area contributed by atoms with E-state index < -0.39 is 0 Å². The lowest BCUT2D eigenvalue weighted by Gasteiger charge is -2.06. The van der Waals surface area contributed by atoms with Gasteiger partial charge in [0.1, 0.15) is 0 Å². The van der Waals surface area contributed by atoms with E-state index in [4.69, 9.17) is 4.74 Å². The van der Waals surface area contributed by atoms with Crippen LogP contribution in [0.2, 0.25) is 0 Å². The number of hydrogen-bond donors (Lipinski definition) is 0. The molecular weight excluding hydrogens is 280 g/mol. The molecule has 0 aromatic carbocycles. The fraction of sp³-hybridized carbons (Fsp3) is 1.00. The molecule has 0 spiro atoms. The Labute approximate surface area is 148 Å². The van der Waals surface area contributed by atoms with E-state index in [9.17, 15) is 0 Å². The van der Waals surface area contributed by atoms with E-state index in [2.05, 4.69) is 27.7 Å². The Morgan fingerprint density at radius 1 is 0.435 bits per heavy atom. The van der Waals surface area contributed by atoms with E-state index in [0.717, 1.165) is 25.0 Å². The van der Waals surface area contributed by atoms with Gasteiger partial charge in [0.15, 0.2) is 0 Å². The van der Waals surface area contributed by atoms with Gasteiger partial charge in [-0.15, -0.1) is 0 Å². The van der Waals surface area contributed by atoms with Crippen LogP contribution in [0.3, 0.4) is 0 Å². The summed E-state index contributed by atoms with van der Waals surface area (Å²) < 4.78 is 5.71. The maximum absolute atomic E-state index is 5.71. The number of rotatable bonds is 18. The number of unbranched alkanes of at least 4 members (excludes halogenated alkanes) is 10. The Kier molecular flexibility index (Phi) is 18.3. The van der Waals surface area contributed by atoms with Crippen molar-refractivity contribution in [2.75, 3.05) is 13.2 Å². The Morgan fingerprint density at radius 3 is 1.17 bits per heavy atom. The normalized spacial score (nSPS) is 11.7. The minimum Gasteiger partial charge on any atom is -0.381 e. The van der Waals surface area contributed by atoms with Crippen LogP contribution in [0.25, 0.3) is 0 Å². The molecule has 140 valence electrons. The van der Waals surface area contributed by atoms with Crippen molar-refractivity contribution in [1.29, 1.82) is 0 Å². The topological polar surface area (TPSA) is 9.23 Å². The standard InChI is InChI=1S/C22H46O/c1-21(2)17-13-11-9-7-5-6-8-10-12-15-19-23-20-16-14-18-22(3)4/h21-22H,5-20H2,1-4H3. The Balaban J connectivity index is 2.97. The van der Waals surface area contributed by atoms with Gasteiger partial charge in [0, 0.05) is 13.2 Å². The summed E-state index contributed by atoms with van der Waals surface area (Å²) in [6.45, 7) is 11.2. The average molecular weight is 327 g/mol. The van der Waals surface area contributed by atoms with Gasteiger partial charge in [0.2, 0.25) is 0 Å². The van der Waals surface area contributed by atoms with Crippen molar-refractivity contribution in [1.82, 2.24) is 0 Å². The fourth-order valence-electron chi connectivity index (χ4n) is 3.03. The van der Waals surface area contributed by atoms with Crippen LogP contribution in [0.4, 0.5) is 0 Å². The summed E-state index contributed by atoms with van der Waals surface area (Å²) in [6.07, 6.45) is 19.5. The van der Waals surface area contributed by atoms with E-state index >= 15 is 0 Å². The van der Waals surface area contributed by atoms with Crippen LogP contribution in [0, 0.1) is 11.8 Å². The predicted octanol–water partition coefficient (Wildman–Crippen LogP) is 7.78. The monoisotopic (exact) mass is 326 g/mol. The van der Waals surface area contributed by atoms with E-state index in [-0.39, 0.29) is 0 Å². The first kappa shape index (κ1) is 23.0. The van der Waals surface area contributed by atoms with Gasteiger partial charge in [-0.25, -0.2) is 0 Å². The van der Waals surface area contributed by atoms with Crippen molar-refractivity contribution < 1.29 is 4.74 Å². The van der Waals surface area contributed by atoms with Crippen LogP contribution < -0.4 is 0 Å². The molecule has 0 saturated heterocycles. The van der Waals surface area contributed by atoms with Crippen molar-refractivity contribution in [3.8, 4) is 0 Å². The molecule has 0 saturated carbocycles. The molecule has 0 aliphatic heterocycles. The molecule has 0 radical (unpaired) electrons. The van der Waals surface area contributed by atoms with Gasteiger partial charge < -0.3 is 4.74 Å². The highest BCUT2D eigenvalue weighted by molar-refractivity contribution is 4.50. The van der Waals surface area contributed by atoms with Crippen molar-refractivity contribution >= 4 is 0 Å². The molecule has 0 aliphatic rings. The van der Waals surface area contributed by atoms with Crippen molar-refractivity contribution in [3.63, 3.8) is 0 Å². The summed E-state index contributed by atoms with van der Waals surface area (Å²) in [5.74, 6) is 1.73. The first-order valence-corrected chi connectivity index (χ1v) is 10.7. The zero-order valence-electron chi connectivity index (χ0n) is 16.9. The fourth-order valence-corrected chi connectivity index (χ4v) is 3.03. The minimum atomic E-state index is 0.843. The van der Waals surface area contributed by atoms with Gasteiger partial charge in [0.05, 0.1) is 0 Å². The summed E-state index contributed by atoms with van der Waals surface area (Å²) in [5.41, 5.74) is 0. The van der Waals surface area contributed by atoms with Gasteiger partial charge in [-0.05, 0) is 24.7 Å². The lowest BCUT2D eigenvalue weighted by atomic mass is 10.0. The molecule has 0 bridgehead atoms. The molecular formula is C22H46O. The van der Waals surface area contributed by atoms with Gasteiger partial charge in [0.25, 0.3) is 0 Å². The summed E-state index contributed by atoms with van der Waals surface area (Å²) in [5, 5.41) is 0. The lowest BCUT2D eigenvalue weighted by molar-refractivity contribution is 0.125.